The maximum atomic E-state index is 4.87. The van der Waals surface area contributed by atoms with Crippen LogP contribution in [0.2, 0.25) is 0 Å². The summed E-state index contributed by atoms with van der Waals surface area (Å²) in [6.07, 6.45) is 5.59. The van der Waals surface area contributed by atoms with Gasteiger partial charge in [-0.25, -0.2) is 4.98 Å². The monoisotopic (exact) mass is 302 g/mol. The van der Waals surface area contributed by atoms with Gasteiger partial charge in [0.1, 0.15) is 0 Å². The molecule has 0 atom stereocenters. The van der Waals surface area contributed by atoms with Gasteiger partial charge in [-0.3, -0.25) is 0 Å². The van der Waals surface area contributed by atoms with E-state index in [0.717, 1.165) is 32.4 Å². The first-order valence-corrected chi connectivity index (χ1v) is 8.87. The fourth-order valence-corrected chi connectivity index (χ4v) is 3.47. The van der Waals surface area contributed by atoms with Gasteiger partial charge < -0.3 is 5.32 Å². The second kappa shape index (κ2) is 8.96. The van der Waals surface area contributed by atoms with Gasteiger partial charge in [0, 0.05) is 17.8 Å². The molecular weight excluding hydrogens is 276 g/mol. The molecule has 21 heavy (non-hydrogen) atoms. The summed E-state index contributed by atoms with van der Waals surface area (Å²) in [6.45, 7) is 6.50. The number of rotatable bonds is 9. The Kier molecular flexibility index (Phi) is 6.90. The third kappa shape index (κ3) is 5.25. The minimum atomic E-state index is 0.978. The second-order valence-corrected chi connectivity index (χ2v) is 6.56. The van der Waals surface area contributed by atoms with Crippen LogP contribution in [0.15, 0.2) is 30.3 Å². The van der Waals surface area contributed by atoms with Gasteiger partial charge in [-0.1, -0.05) is 50.6 Å². The van der Waals surface area contributed by atoms with Gasteiger partial charge in [0.15, 0.2) is 0 Å². The summed E-state index contributed by atoms with van der Waals surface area (Å²) in [5.41, 5.74) is 2.71. The van der Waals surface area contributed by atoms with Gasteiger partial charge in [0.2, 0.25) is 0 Å². The molecule has 0 saturated carbocycles. The second-order valence-electron chi connectivity index (χ2n) is 5.39. The van der Waals surface area contributed by atoms with Gasteiger partial charge in [-0.05, 0) is 31.4 Å². The topological polar surface area (TPSA) is 24.9 Å². The number of hydrogen-bond acceptors (Lipinski definition) is 3. The lowest BCUT2D eigenvalue weighted by Crippen LogP contribution is -2.13. The van der Waals surface area contributed by atoms with Crippen molar-refractivity contribution >= 4 is 11.3 Å². The molecule has 0 aliphatic rings. The van der Waals surface area contributed by atoms with E-state index in [2.05, 4.69) is 49.5 Å². The molecular formula is C18H26N2S. The first-order valence-electron chi connectivity index (χ1n) is 8.05. The zero-order valence-electron chi connectivity index (χ0n) is 13.2. The van der Waals surface area contributed by atoms with Gasteiger partial charge in [0.25, 0.3) is 0 Å². The smallest absolute Gasteiger partial charge is 0.0934 e. The maximum absolute atomic E-state index is 4.87. The third-order valence-corrected chi connectivity index (χ3v) is 4.65. The molecule has 1 aromatic carbocycles. The van der Waals surface area contributed by atoms with E-state index in [4.69, 9.17) is 4.98 Å². The first kappa shape index (κ1) is 16.2. The average Bonchev–Trinajstić information content (AvgIpc) is 2.89. The standard InChI is InChI=1S/C18H26N2S/c1-3-8-16-17(14-19-13-4-2)21-18(20-16)12-11-15-9-6-5-7-10-15/h5-7,9-10,19H,3-4,8,11-14H2,1-2H3. The van der Waals surface area contributed by atoms with Crippen LogP contribution in [0.1, 0.15) is 47.8 Å². The zero-order chi connectivity index (χ0) is 14.9. The van der Waals surface area contributed by atoms with Gasteiger partial charge in [-0.15, -0.1) is 11.3 Å². The van der Waals surface area contributed by atoms with Crippen LogP contribution in [0.4, 0.5) is 0 Å². The van der Waals surface area contributed by atoms with Crippen molar-refractivity contribution in [3.63, 3.8) is 0 Å². The minimum absolute atomic E-state index is 0.978. The molecule has 0 aliphatic carbocycles. The molecule has 1 aromatic heterocycles. The van der Waals surface area contributed by atoms with Crippen molar-refractivity contribution in [2.24, 2.45) is 0 Å². The Balaban J connectivity index is 1.97. The number of thiazole rings is 1. The molecule has 0 amide bonds. The predicted molar refractivity (Wildman–Crippen MR) is 92.0 cm³/mol. The van der Waals surface area contributed by atoms with Crippen molar-refractivity contribution in [3.05, 3.63) is 51.5 Å². The average molecular weight is 302 g/mol. The van der Waals surface area contributed by atoms with E-state index in [0.29, 0.717) is 0 Å². The highest BCUT2D eigenvalue weighted by atomic mass is 32.1. The van der Waals surface area contributed by atoms with Crippen LogP contribution in [0.25, 0.3) is 0 Å². The number of hydrogen-bond donors (Lipinski definition) is 1. The molecule has 1 N–H and O–H groups in total. The van der Waals surface area contributed by atoms with E-state index in [1.54, 1.807) is 0 Å². The molecule has 114 valence electrons. The lowest BCUT2D eigenvalue weighted by atomic mass is 10.1. The van der Waals surface area contributed by atoms with Crippen molar-refractivity contribution in [2.75, 3.05) is 6.54 Å². The molecule has 0 spiro atoms. The van der Waals surface area contributed by atoms with E-state index >= 15 is 0 Å². The summed E-state index contributed by atoms with van der Waals surface area (Å²) in [5.74, 6) is 0. The maximum Gasteiger partial charge on any atom is 0.0934 e. The van der Waals surface area contributed by atoms with Crippen molar-refractivity contribution in [1.82, 2.24) is 10.3 Å². The van der Waals surface area contributed by atoms with E-state index in [-0.39, 0.29) is 0 Å². The van der Waals surface area contributed by atoms with Crippen molar-refractivity contribution in [1.29, 1.82) is 0 Å². The summed E-state index contributed by atoms with van der Waals surface area (Å²) in [6, 6.07) is 10.7. The Labute approximate surface area is 132 Å². The highest BCUT2D eigenvalue weighted by Crippen LogP contribution is 2.21. The Morgan fingerprint density at radius 3 is 2.52 bits per heavy atom. The summed E-state index contributed by atoms with van der Waals surface area (Å²) in [5, 5.41) is 4.80. The molecule has 1 heterocycles. The van der Waals surface area contributed by atoms with Crippen LogP contribution < -0.4 is 5.32 Å². The van der Waals surface area contributed by atoms with Crippen LogP contribution in [0, 0.1) is 0 Å². The Morgan fingerprint density at radius 1 is 1.00 bits per heavy atom. The zero-order valence-corrected chi connectivity index (χ0v) is 14.0. The van der Waals surface area contributed by atoms with Crippen LogP contribution in [-0.4, -0.2) is 11.5 Å². The molecule has 0 radical (unpaired) electrons. The molecule has 2 rings (SSSR count). The lowest BCUT2D eigenvalue weighted by molar-refractivity contribution is 0.674. The van der Waals surface area contributed by atoms with Gasteiger partial charge >= 0.3 is 0 Å². The lowest BCUT2D eigenvalue weighted by Gasteiger charge is -2.02. The fourth-order valence-electron chi connectivity index (χ4n) is 2.39. The first-order chi connectivity index (χ1) is 10.3. The van der Waals surface area contributed by atoms with E-state index in [1.807, 2.05) is 11.3 Å². The fraction of sp³-hybridized carbons (Fsp3) is 0.500. The SMILES string of the molecule is CCCNCc1sc(CCc2ccccc2)nc1CCC. The Hall–Kier alpha value is -1.19. The normalized spacial score (nSPS) is 11.0. The highest BCUT2D eigenvalue weighted by Gasteiger charge is 2.10. The molecule has 0 aliphatic heterocycles. The highest BCUT2D eigenvalue weighted by molar-refractivity contribution is 7.11. The van der Waals surface area contributed by atoms with E-state index < -0.39 is 0 Å². The number of nitrogens with one attached hydrogen (secondary N) is 1. The predicted octanol–water partition coefficient (Wildman–Crippen LogP) is 4.38. The molecule has 2 aromatic rings. The summed E-state index contributed by atoms with van der Waals surface area (Å²) in [4.78, 5) is 6.31. The quantitative estimate of drug-likeness (QED) is 0.695. The van der Waals surface area contributed by atoms with Gasteiger partial charge in [-0.2, -0.15) is 0 Å². The summed E-state index contributed by atoms with van der Waals surface area (Å²) < 4.78 is 0. The Morgan fingerprint density at radius 2 is 1.81 bits per heavy atom. The summed E-state index contributed by atoms with van der Waals surface area (Å²) >= 11 is 1.90. The van der Waals surface area contributed by atoms with E-state index in [9.17, 15) is 0 Å². The van der Waals surface area contributed by atoms with E-state index in [1.165, 1.54) is 34.0 Å². The third-order valence-electron chi connectivity index (χ3n) is 3.49. The van der Waals surface area contributed by atoms with Crippen LogP contribution in [0.5, 0.6) is 0 Å². The molecule has 2 nitrogen and oxygen atoms in total. The Bertz CT molecular complexity index is 519. The number of benzene rings is 1. The number of aromatic nitrogens is 1. The molecule has 0 saturated heterocycles. The van der Waals surface area contributed by atoms with Crippen LogP contribution in [0.3, 0.4) is 0 Å². The molecule has 3 heteroatoms. The van der Waals surface area contributed by atoms with Crippen LogP contribution in [-0.2, 0) is 25.8 Å². The van der Waals surface area contributed by atoms with Crippen molar-refractivity contribution in [3.8, 4) is 0 Å². The molecule has 0 bridgehead atoms. The van der Waals surface area contributed by atoms with Crippen molar-refractivity contribution in [2.45, 2.75) is 52.5 Å². The van der Waals surface area contributed by atoms with Gasteiger partial charge in [0.05, 0.1) is 10.7 Å². The van der Waals surface area contributed by atoms with Crippen LogP contribution >= 0.6 is 11.3 Å². The molecule has 0 unspecified atom stereocenters. The number of aryl methyl sites for hydroxylation is 3. The largest absolute Gasteiger partial charge is 0.312 e. The minimum Gasteiger partial charge on any atom is -0.312 e. The van der Waals surface area contributed by atoms with Crippen molar-refractivity contribution < 1.29 is 0 Å². The number of nitrogens with zero attached hydrogens (tertiary/aromatic N) is 1. The summed E-state index contributed by atoms with van der Waals surface area (Å²) in [7, 11) is 0. The molecule has 0 fully saturated rings.